The fraction of sp³-hybridized carbons (Fsp3) is 0.400. The van der Waals surface area contributed by atoms with Crippen LogP contribution < -0.4 is 5.32 Å². The van der Waals surface area contributed by atoms with Crippen LogP contribution in [0.3, 0.4) is 0 Å². The van der Waals surface area contributed by atoms with Gasteiger partial charge in [-0.15, -0.1) is 0 Å². The Balaban J connectivity index is 2.68. The normalized spacial score (nSPS) is 11.8. The van der Waals surface area contributed by atoms with Crippen LogP contribution in [0.15, 0.2) is 36.4 Å². The second kappa shape index (κ2) is 7.53. The van der Waals surface area contributed by atoms with Crippen molar-refractivity contribution in [2.45, 2.75) is 26.8 Å². The van der Waals surface area contributed by atoms with E-state index in [9.17, 15) is 4.79 Å². The van der Waals surface area contributed by atoms with E-state index >= 15 is 0 Å². The van der Waals surface area contributed by atoms with Gasteiger partial charge in [0.2, 0.25) is 5.91 Å². The van der Waals surface area contributed by atoms with Gasteiger partial charge in [0.15, 0.2) is 0 Å². The van der Waals surface area contributed by atoms with E-state index in [2.05, 4.69) is 34.5 Å². The molecule has 0 aliphatic rings. The number of hydrogen-bond donors (Lipinski definition) is 1. The topological polar surface area (TPSA) is 32.3 Å². The van der Waals surface area contributed by atoms with Gasteiger partial charge in [-0.3, -0.25) is 4.79 Å². The van der Waals surface area contributed by atoms with Crippen LogP contribution in [0.5, 0.6) is 0 Å². The van der Waals surface area contributed by atoms with Gasteiger partial charge in [0.1, 0.15) is 6.04 Å². The Morgan fingerprint density at radius 1 is 1.53 bits per heavy atom. The molecule has 0 aliphatic heterocycles. The summed E-state index contributed by atoms with van der Waals surface area (Å²) in [5, 5.41) is 3.24. The average molecular weight is 372 g/mol. The zero-order valence-electron chi connectivity index (χ0n) is 11.7. The lowest BCUT2D eigenvalue weighted by Crippen LogP contribution is -2.42. The van der Waals surface area contributed by atoms with E-state index in [1.54, 1.807) is 0 Å². The molecule has 1 atom stereocenters. The zero-order valence-corrected chi connectivity index (χ0v) is 13.9. The summed E-state index contributed by atoms with van der Waals surface area (Å²) in [5.41, 5.74) is 1.97. The third kappa shape index (κ3) is 5.22. The minimum atomic E-state index is -0.238. The molecule has 19 heavy (non-hydrogen) atoms. The van der Waals surface area contributed by atoms with Crippen molar-refractivity contribution in [2.24, 2.45) is 0 Å². The molecule has 0 radical (unpaired) electrons. The smallest absolute Gasteiger partial charge is 0.245 e. The van der Waals surface area contributed by atoms with E-state index in [0.29, 0.717) is 13.1 Å². The van der Waals surface area contributed by atoms with Gasteiger partial charge >= 0.3 is 0 Å². The van der Waals surface area contributed by atoms with Crippen LogP contribution in [0.25, 0.3) is 0 Å². The van der Waals surface area contributed by atoms with Crippen LogP contribution in [-0.2, 0) is 4.79 Å². The minimum Gasteiger partial charge on any atom is -0.374 e. The largest absolute Gasteiger partial charge is 0.374 e. The van der Waals surface area contributed by atoms with Gasteiger partial charge in [-0.25, -0.2) is 0 Å². The molecule has 1 rings (SSSR count). The monoisotopic (exact) mass is 372 g/mol. The van der Waals surface area contributed by atoms with Crippen molar-refractivity contribution in [1.29, 1.82) is 0 Å². The minimum absolute atomic E-state index is 0.101. The molecule has 0 heterocycles. The van der Waals surface area contributed by atoms with Crippen LogP contribution in [-0.4, -0.2) is 29.9 Å². The first-order valence-electron chi connectivity index (χ1n) is 6.39. The summed E-state index contributed by atoms with van der Waals surface area (Å²) in [5.74, 6) is 0.101. The summed E-state index contributed by atoms with van der Waals surface area (Å²) in [4.78, 5) is 14.1. The van der Waals surface area contributed by atoms with E-state index in [1.165, 1.54) is 0 Å². The Hall–Kier alpha value is -1.04. The van der Waals surface area contributed by atoms with Gasteiger partial charge < -0.3 is 10.2 Å². The highest BCUT2D eigenvalue weighted by Gasteiger charge is 2.19. The molecule has 104 valence electrons. The number of nitrogens with one attached hydrogen (secondary N) is 1. The van der Waals surface area contributed by atoms with Crippen LogP contribution in [0, 0.1) is 3.57 Å². The van der Waals surface area contributed by atoms with E-state index < -0.39 is 0 Å². The fourth-order valence-corrected chi connectivity index (χ4v) is 2.38. The van der Waals surface area contributed by atoms with Crippen molar-refractivity contribution >= 4 is 34.2 Å². The summed E-state index contributed by atoms with van der Waals surface area (Å²) in [7, 11) is 0. The van der Waals surface area contributed by atoms with E-state index in [4.69, 9.17) is 0 Å². The molecule has 1 unspecified atom stereocenters. The first-order chi connectivity index (χ1) is 8.93. The Bertz CT molecular complexity index is 459. The predicted molar refractivity (Wildman–Crippen MR) is 89.3 cm³/mol. The maximum Gasteiger partial charge on any atom is 0.245 e. The number of amides is 1. The number of anilines is 1. The summed E-state index contributed by atoms with van der Waals surface area (Å²) in [6.45, 7) is 11.0. The number of carbonyl (C=O) groups excluding carboxylic acids is 1. The Kier molecular flexibility index (Phi) is 6.34. The van der Waals surface area contributed by atoms with Crippen LogP contribution >= 0.6 is 22.6 Å². The first kappa shape index (κ1) is 16.0. The molecular formula is C15H21IN2O. The van der Waals surface area contributed by atoms with Crippen molar-refractivity contribution in [2.75, 3.05) is 18.4 Å². The number of benzene rings is 1. The molecule has 1 amide bonds. The molecule has 0 aromatic heterocycles. The lowest BCUT2D eigenvalue weighted by molar-refractivity contribution is -0.131. The fourth-order valence-electron chi connectivity index (χ4n) is 1.84. The maximum absolute atomic E-state index is 12.3. The summed E-state index contributed by atoms with van der Waals surface area (Å²) >= 11 is 2.26. The number of rotatable bonds is 6. The third-order valence-electron chi connectivity index (χ3n) is 2.73. The summed E-state index contributed by atoms with van der Waals surface area (Å²) in [6.07, 6.45) is 0. The van der Waals surface area contributed by atoms with Crippen molar-refractivity contribution in [1.82, 2.24) is 4.90 Å². The Labute approximate surface area is 129 Å². The van der Waals surface area contributed by atoms with Gasteiger partial charge in [0, 0.05) is 22.3 Å². The second-order valence-electron chi connectivity index (χ2n) is 4.69. The lowest BCUT2D eigenvalue weighted by Gasteiger charge is -2.25. The molecule has 0 aliphatic carbocycles. The molecule has 4 heteroatoms. The third-order valence-corrected chi connectivity index (χ3v) is 3.40. The summed E-state index contributed by atoms with van der Waals surface area (Å²) in [6, 6.07) is 7.77. The molecule has 1 aromatic carbocycles. The molecule has 0 bridgehead atoms. The SMILES string of the molecule is C=C(C)CN(CC)C(=O)C(C)Nc1cccc(I)c1. The number of hydrogen-bond acceptors (Lipinski definition) is 2. The van der Waals surface area contributed by atoms with Crippen molar-refractivity contribution < 1.29 is 4.79 Å². The van der Waals surface area contributed by atoms with Crippen LogP contribution in [0.2, 0.25) is 0 Å². The van der Waals surface area contributed by atoms with Gasteiger partial charge in [-0.2, -0.15) is 0 Å². The highest BCUT2D eigenvalue weighted by molar-refractivity contribution is 14.1. The summed E-state index contributed by atoms with van der Waals surface area (Å²) < 4.78 is 1.15. The zero-order chi connectivity index (χ0) is 14.4. The van der Waals surface area contributed by atoms with E-state index in [1.807, 2.05) is 49.9 Å². The van der Waals surface area contributed by atoms with E-state index in [-0.39, 0.29) is 11.9 Å². The predicted octanol–water partition coefficient (Wildman–Crippen LogP) is 3.52. The molecule has 1 N–H and O–H groups in total. The van der Waals surface area contributed by atoms with Crippen molar-refractivity contribution in [3.63, 3.8) is 0 Å². The van der Waals surface area contributed by atoms with Crippen LogP contribution in [0.4, 0.5) is 5.69 Å². The molecule has 0 saturated heterocycles. The number of likely N-dealkylation sites (N-methyl/N-ethyl adjacent to an activating group) is 1. The standard InChI is InChI=1S/C15H21IN2O/c1-5-18(10-11(2)3)15(19)12(4)17-14-8-6-7-13(16)9-14/h6-9,12,17H,2,5,10H2,1,3-4H3. The number of halogens is 1. The second-order valence-corrected chi connectivity index (χ2v) is 5.93. The molecule has 0 fully saturated rings. The van der Waals surface area contributed by atoms with Gasteiger partial charge in [-0.05, 0) is 61.6 Å². The quantitative estimate of drug-likeness (QED) is 0.612. The van der Waals surface area contributed by atoms with Gasteiger partial charge in [-0.1, -0.05) is 18.2 Å². The lowest BCUT2D eigenvalue weighted by atomic mass is 10.2. The molecule has 0 spiro atoms. The average Bonchev–Trinajstić information content (AvgIpc) is 2.34. The molecule has 0 saturated carbocycles. The highest BCUT2D eigenvalue weighted by atomic mass is 127. The van der Waals surface area contributed by atoms with E-state index in [0.717, 1.165) is 14.8 Å². The maximum atomic E-state index is 12.3. The highest BCUT2D eigenvalue weighted by Crippen LogP contribution is 2.14. The molecule has 1 aromatic rings. The van der Waals surface area contributed by atoms with Crippen molar-refractivity contribution in [3.8, 4) is 0 Å². The number of carbonyl (C=O) groups is 1. The number of nitrogens with zero attached hydrogens (tertiary/aromatic N) is 1. The van der Waals surface area contributed by atoms with Crippen molar-refractivity contribution in [3.05, 3.63) is 40.0 Å². The first-order valence-corrected chi connectivity index (χ1v) is 7.47. The molecule has 3 nitrogen and oxygen atoms in total. The Morgan fingerprint density at radius 2 is 2.21 bits per heavy atom. The van der Waals surface area contributed by atoms with Crippen LogP contribution in [0.1, 0.15) is 20.8 Å². The molecular weight excluding hydrogens is 351 g/mol. The van der Waals surface area contributed by atoms with Gasteiger partial charge in [0.05, 0.1) is 0 Å². The Morgan fingerprint density at radius 3 is 2.74 bits per heavy atom. The van der Waals surface area contributed by atoms with Gasteiger partial charge in [0.25, 0.3) is 0 Å².